The van der Waals surface area contributed by atoms with Crippen molar-refractivity contribution in [2.45, 2.75) is 6.92 Å². The second-order valence-corrected chi connectivity index (χ2v) is 3.59. The van der Waals surface area contributed by atoms with Crippen LogP contribution in [0.4, 0.5) is 11.4 Å². The van der Waals surface area contributed by atoms with Gasteiger partial charge in [-0.1, -0.05) is 0 Å². The Kier molecular flexibility index (Phi) is 4.28. The number of nitrogens with zero attached hydrogens (tertiary/aromatic N) is 1. The quantitative estimate of drug-likeness (QED) is 0.590. The largest absolute Gasteiger partial charge is 0.399 e. The molecule has 5 heteroatoms. The van der Waals surface area contributed by atoms with Gasteiger partial charge < -0.3 is 15.9 Å². The third kappa shape index (κ3) is 3.52. The van der Waals surface area contributed by atoms with Gasteiger partial charge >= 0.3 is 0 Å². The van der Waals surface area contributed by atoms with E-state index < -0.39 is 0 Å². The number of nitrogens with one attached hydrogen (secondary N) is 1. The minimum Gasteiger partial charge on any atom is -0.399 e. The standard InChI is InChI=1S/C11H17N3O2/c1-8-6-9(12)4-5-10(8)13-11(15)7-14(2)16-3/h4-6H,7,12H2,1-3H3,(H,13,15). The predicted octanol–water partition coefficient (Wildman–Crippen LogP) is 1.01. The lowest BCUT2D eigenvalue weighted by Crippen LogP contribution is -2.29. The Hall–Kier alpha value is -1.59. The molecule has 0 heterocycles. The van der Waals surface area contributed by atoms with Gasteiger partial charge in [-0.2, -0.15) is 5.06 Å². The average Bonchev–Trinajstić information content (AvgIpc) is 2.22. The number of hydrogen-bond donors (Lipinski definition) is 2. The van der Waals surface area contributed by atoms with Crippen molar-refractivity contribution in [3.63, 3.8) is 0 Å². The second-order valence-electron chi connectivity index (χ2n) is 3.59. The number of nitrogens with two attached hydrogens (primary N) is 1. The van der Waals surface area contributed by atoms with Crippen molar-refractivity contribution in [3.05, 3.63) is 23.8 Å². The summed E-state index contributed by atoms with van der Waals surface area (Å²) in [6, 6.07) is 5.35. The van der Waals surface area contributed by atoms with Gasteiger partial charge in [-0.3, -0.25) is 4.79 Å². The third-order valence-corrected chi connectivity index (χ3v) is 2.20. The molecule has 0 saturated heterocycles. The molecule has 0 aromatic heterocycles. The molecule has 1 rings (SSSR count). The van der Waals surface area contributed by atoms with E-state index in [0.717, 1.165) is 11.3 Å². The fraction of sp³-hybridized carbons (Fsp3) is 0.364. The molecule has 3 N–H and O–H groups in total. The maximum Gasteiger partial charge on any atom is 0.240 e. The molecule has 1 aromatic carbocycles. The van der Waals surface area contributed by atoms with Crippen LogP contribution in [0.1, 0.15) is 5.56 Å². The molecule has 0 aliphatic heterocycles. The third-order valence-electron chi connectivity index (χ3n) is 2.20. The summed E-state index contributed by atoms with van der Waals surface area (Å²) in [5.74, 6) is -0.128. The summed E-state index contributed by atoms with van der Waals surface area (Å²) < 4.78 is 0. The average molecular weight is 223 g/mol. The van der Waals surface area contributed by atoms with Crippen molar-refractivity contribution < 1.29 is 9.63 Å². The van der Waals surface area contributed by atoms with Crippen molar-refractivity contribution >= 4 is 17.3 Å². The molecule has 0 fully saturated rings. The maximum atomic E-state index is 11.6. The number of carbonyl (C=O) groups excluding carboxylic acids is 1. The highest BCUT2D eigenvalue weighted by Gasteiger charge is 2.07. The Bertz CT molecular complexity index is 379. The molecular formula is C11H17N3O2. The highest BCUT2D eigenvalue weighted by Crippen LogP contribution is 2.17. The highest BCUT2D eigenvalue weighted by molar-refractivity contribution is 5.93. The van der Waals surface area contributed by atoms with Crippen molar-refractivity contribution in [1.82, 2.24) is 5.06 Å². The van der Waals surface area contributed by atoms with Gasteiger partial charge in [-0.15, -0.1) is 0 Å². The van der Waals surface area contributed by atoms with Gasteiger partial charge in [0.15, 0.2) is 0 Å². The van der Waals surface area contributed by atoms with Crippen LogP contribution in [0, 0.1) is 6.92 Å². The maximum absolute atomic E-state index is 11.6. The van der Waals surface area contributed by atoms with Crippen LogP contribution in [0.5, 0.6) is 0 Å². The number of amides is 1. The van der Waals surface area contributed by atoms with Crippen LogP contribution in [0.15, 0.2) is 18.2 Å². The van der Waals surface area contributed by atoms with Crippen molar-refractivity contribution in [1.29, 1.82) is 0 Å². The lowest BCUT2D eigenvalue weighted by molar-refractivity contribution is -0.137. The van der Waals surface area contributed by atoms with E-state index in [9.17, 15) is 4.79 Å². The molecule has 0 bridgehead atoms. The van der Waals surface area contributed by atoms with Gasteiger partial charge in [0.05, 0.1) is 7.11 Å². The number of benzene rings is 1. The molecule has 88 valence electrons. The molecule has 5 nitrogen and oxygen atoms in total. The fourth-order valence-corrected chi connectivity index (χ4v) is 1.28. The number of hydrogen-bond acceptors (Lipinski definition) is 4. The summed E-state index contributed by atoms with van der Waals surface area (Å²) in [6.07, 6.45) is 0. The van der Waals surface area contributed by atoms with Gasteiger partial charge in [0.2, 0.25) is 5.91 Å². The minimum atomic E-state index is -0.128. The molecule has 1 aromatic rings. The smallest absolute Gasteiger partial charge is 0.240 e. The number of hydroxylamine groups is 2. The normalized spacial score (nSPS) is 10.5. The van der Waals surface area contributed by atoms with E-state index in [-0.39, 0.29) is 12.5 Å². The summed E-state index contributed by atoms with van der Waals surface area (Å²) in [5, 5.41) is 4.23. The van der Waals surface area contributed by atoms with Gasteiger partial charge in [-0.25, -0.2) is 0 Å². The van der Waals surface area contributed by atoms with Crippen molar-refractivity contribution in [2.24, 2.45) is 0 Å². The minimum absolute atomic E-state index is 0.128. The van der Waals surface area contributed by atoms with Crippen LogP contribution in [-0.4, -0.2) is 31.7 Å². The van der Waals surface area contributed by atoms with Crippen molar-refractivity contribution in [2.75, 3.05) is 31.8 Å². The molecule has 0 spiro atoms. The predicted molar refractivity (Wildman–Crippen MR) is 63.9 cm³/mol. The topological polar surface area (TPSA) is 67.6 Å². The monoisotopic (exact) mass is 223 g/mol. The lowest BCUT2D eigenvalue weighted by atomic mass is 10.2. The summed E-state index contributed by atoms with van der Waals surface area (Å²) >= 11 is 0. The van der Waals surface area contributed by atoms with E-state index in [2.05, 4.69) is 5.32 Å². The van der Waals surface area contributed by atoms with E-state index in [4.69, 9.17) is 10.6 Å². The van der Waals surface area contributed by atoms with E-state index in [1.165, 1.54) is 12.2 Å². The van der Waals surface area contributed by atoms with E-state index in [1.807, 2.05) is 13.0 Å². The Morgan fingerprint density at radius 2 is 2.25 bits per heavy atom. The lowest BCUT2D eigenvalue weighted by Gasteiger charge is -2.14. The number of nitrogen functional groups attached to an aromatic ring is 1. The number of aryl methyl sites for hydroxylation is 1. The van der Waals surface area contributed by atoms with E-state index in [0.29, 0.717) is 5.69 Å². The Morgan fingerprint density at radius 3 is 2.81 bits per heavy atom. The number of likely N-dealkylation sites (N-methyl/N-ethyl adjacent to an activating group) is 1. The van der Waals surface area contributed by atoms with Gasteiger partial charge in [0.1, 0.15) is 6.54 Å². The van der Waals surface area contributed by atoms with Gasteiger partial charge in [-0.05, 0) is 30.7 Å². The molecule has 0 saturated carbocycles. The van der Waals surface area contributed by atoms with Crippen LogP contribution in [-0.2, 0) is 9.63 Å². The van der Waals surface area contributed by atoms with Crippen LogP contribution in [0.3, 0.4) is 0 Å². The molecule has 0 unspecified atom stereocenters. The van der Waals surface area contributed by atoms with Crippen LogP contribution in [0.2, 0.25) is 0 Å². The van der Waals surface area contributed by atoms with Crippen LogP contribution < -0.4 is 11.1 Å². The molecule has 0 radical (unpaired) electrons. The summed E-state index contributed by atoms with van der Waals surface area (Å²) in [4.78, 5) is 16.4. The molecule has 0 aliphatic rings. The van der Waals surface area contributed by atoms with E-state index in [1.54, 1.807) is 19.2 Å². The first kappa shape index (κ1) is 12.5. The van der Waals surface area contributed by atoms with Crippen molar-refractivity contribution in [3.8, 4) is 0 Å². The molecular weight excluding hydrogens is 206 g/mol. The molecule has 0 atom stereocenters. The molecule has 1 amide bonds. The zero-order chi connectivity index (χ0) is 12.1. The first-order valence-corrected chi connectivity index (χ1v) is 4.94. The molecule has 16 heavy (non-hydrogen) atoms. The van der Waals surface area contributed by atoms with Gasteiger partial charge in [0.25, 0.3) is 0 Å². The number of anilines is 2. The summed E-state index contributed by atoms with van der Waals surface area (Å²) in [6.45, 7) is 2.08. The first-order chi connectivity index (χ1) is 7.52. The SMILES string of the molecule is CON(C)CC(=O)Nc1ccc(N)cc1C. The summed E-state index contributed by atoms with van der Waals surface area (Å²) in [5.41, 5.74) is 8.01. The highest BCUT2D eigenvalue weighted by atomic mass is 16.7. The fourth-order valence-electron chi connectivity index (χ4n) is 1.28. The Morgan fingerprint density at radius 1 is 1.56 bits per heavy atom. The number of rotatable bonds is 4. The summed E-state index contributed by atoms with van der Waals surface area (Å²) in [7, 11) is 3.21. The van der Waals surface area contributed by atoms with Crippen LogP contribution in [0.25, 0.3) is 0 Å². The zero-order valence-electron chi connectivity index (χ0n) is 9.78. The number of carbonyl (C=O) groups is 1. The van der Waals surface area contributed by atoms with Gasteiger partial charge in [0, 0.05) is 18.4 Å². The van der Waals surface area contributed by atoms with Crippen LogP contribution >= 0.6 is 0 Å². The second kappa shape index (κ2) is 5.48. The Balaban J connectivity index is 2.63. The first-order valence-electron chi connectivity index (χ1n) is 4.94. The molecule has 0 aliphatic carbocycles. The Labute approximate surface area is 95.1 Å². The zero-order valence-corrected chi connectivity index (χ0v) is 9.78. The van der Waals surface area contributed by atoms with E-state index >= 15 is 0 Å².